The number of carbonyl (C=O) groups excluding carboxylic acids is 1. The van der Waals surface area contributed by atoms with E-state index in [2.05, 4.69) is 29.2 Å². The van der Waals surface area contributed by atoms with Gasteiger partial charge in [-0.3, -0.25) is 4.79 Å². The molecule has 130 valence electrons. The zero-order chi connectivity index (χ0) is 17.1. The average molecular weight is 329 g/mol. The molecule has 1 fully saturated rings. The van der Waals surface area contributed by atoms with Crippen LogP contribution in [0.5, 0.6) is 0 Å². The van der Waals surface area contributed by atoms with E-state index in [-0.39, 0.29) is 5.92 Å². The number of aryl methyl sites for hydroxylation is 1. The van der Waals surface area contributed by atoms with Crippen LogP contribution in [0.4, 0.5) is 5.82 Å². The predicted octanol–water partition coefficient (Wildman–Crippen LogP) is 2.88. The average Bonchev–Trinajstić information content (AvgIpc) is 2.98. The first kappa shape index (κ1) is 16.7. The molecule has 2 aromatic rings. The first-order valence-electron chi connectivity index (χ1n) is 8.98. The summed E-state index contributed by atoms with van der Waals surface area (Å²) in [6.07, 6.45) is 7.42. The number of amides is 1. The van der Waals surface area contributed by atoms with Crippen LogP contribution in [0.1, 0.15) is 45.2 Å². The summed E-state index contributed by atoms with van der Waals surface area (Å²) >= 11 is 0. The first-order chi connectivity index (χ1) is 11.6. The highest BCUT2D eigenvalue weighted by Crippen LogP contribution is 2.21. The molecule has 0 saturated carbocycles. The van der Waals surface area contributed by atoms with Crippen LogP contribution < -0.4 is 5.32 Å². The molecule has 1 amide bonds. The molecule has 1 aliphatic rings. The van der Waals surface area contributed by atoms with E-state index in [9.17, 15) is 4.79 Å². The third-order valence-corrected chi connectivity index (χ3v) is 4.99. The molecular weight excluding hydrogens is 302 g/mol. The molecule has 0 unspecified atom stereocenters. The normalized spacial score (nSPS) is 16.1. The molecule has 6 heteroatoms. The predicted molar refractivity (Wildman–Crippen MR) is 95.0 cm³/mol. The highest BCUT2D eigenvalue weighted by atomic mass is 16.2. The van der Waals surface area contributed by atoms with E-state index < -0.39 is 0 Å². The molecule has 0 spiro atoms. The second-order valence-electron chi connectivity index (χ2n) is 6.65. The van der Waals surface area contributed by atoms with E-state index in [4.69, 9.17) is 0 Å². The third kappa shape index (κ3) is 3.37. The van der Waals surface area contributed by atoms with E-state index >= 15 is 0 Å². The molecule has 2 aromatic heterocycles. The number of carbonyl (C=O) groups is 1. The van der Waals surface area contributed by atoms with Gasteiger partial charge in [0.05, 0.1) is 5.69 Å². The van der Waals surface area contributed by atoms with Crippen molar-refractivity contribution in [3.05, 3.63) is 24.2 Å². The molecule has 1 aliphatic heterocycles. The largest absolute Gasteiger partial charge is 0.365 e. The van der Waals surface area contributed by atoms with Crippen molar-refractivity contribution in [3.8, 4) is 0 Å². The van der Waals surface area contributed by atoms with Crippen molar-refractivity contribution in [3.63, 3.8) is 0 Å². The Bertz CT molecular complexity index is 698. The smallest absolute Gasteiger partial charge is 0.225 e. The van der Waals surface area contributed by atoms with Gasteiger partial charge >= 0.3 is 0 Å². The number of hydrogen-bond donors (Lipinski definition) is 1. The van der Waals surface area contributed by atoms with E-state index in [1.807, 2.05) is 28.6 Å². The lowest BCUT2D eigenvalue weighted by Crippen LogP contribution is -2.44. The van der Waals surface area contributed by atoms with Crippen LogP contribution in [0.3, 0.4) is 0 Å². The van der Waals surface area contributed by atoms with Crippen molar-refractivity contribution in [1.29, 1.82) is 0 Å². The zero-order valence-corrected chi connectivity index (χ0v) is 14.8. The molecule has 1 saturated heterocycles. The number of nitrogens with zero attached hydrogens (tertiary/aromatic N) is 4. The molecule has 3 rings (SSSR count). The van der Waals surface area contributed by atoms with Crippen molar-refractivity contribution >= 4 is 17.2 Å². The fraction of sp³-hybridized carbons (Fsp3) is 0.611. The minimum Gasteiger partial charge on any atom is -0.365 e. The summed E-state index contributed by atoms with van der Waals surface area (Å²) in [5, 5.41) is 7.97. The van der Waals surface area contributed by atoms with Crippen LogP contribution in [0, 0.1) is 12.8 Å². The first-order valence-corrected chi connectivity index (χ1v) is 8.98. The number of anilines is 1. The fourth-order valence-electron chi connectivity index (χ4n) is 3.49. The Labute approximate surface area is 143 Å². The maximum absolute atomic E-state index is 12.5. The standard InChI is InChI=1S/C18H27N5O/c1-4-14(5-2)18(24)22-9-6-15(7-10-22)20-17-16-12-13(3)21-23(16)11-8-19-17/h8,11-12,14-15H,4-7,9-10H2,1-3H3,(H,19,20). The number of likely N-dealkylation sites (tertiary alicyclic amines) is 1. The second kappa shape index (κ2) is 7.20. The molecular formula is C18H27N5O. The summed E-state index contributed by atoms with van der Waals surface area (Å²) in [6.45, 7) is 7.84. The molecule has 0 aromatic carbocycles. The molecule has 0 radical (unpaired) electrons. The lowest BCUT2D eigenvalue weighted by Gasteiger charge is -2.34. The van der Waals surface area contributed by atoms with Crippen LogP contribution in [0.15, 0.2) is 18.5 Å². The number of hydrogen-bond acceptors (Lipinski definition) is 4. The van der Waals surface area contributed by atoms with E-state index in [1.165, 1.54) is 0 Å². The molecule has 6 nitrogen and oxygen atoms in total. The highest BCUT2D eigenvalue weighted by molar-refractivity contribution is 5.79. The van der Waals surface area contributed by atoms with Gasteiger partial charge in [0.15, 0.2) is 5.82 Å². The molecule has 24 heavy (non-hydrogen) atoms. The number of nitrogens with one attached hydrogen (secondary N) is 1. The van der Waals surface area contributed by atoms with Crippen molar-refractivity contribution in [2.24, 2.45) is 5.92 Å². The summed E-state index contributed by atoms with van der Waals surface area (Å²) in [5.74, 6) is 1.38. The van der Waals surface area contributed by atoms with Crippen LogP contribution >= 0.6 is 0 Å². The van der Waals surface area contributed by atoms with Gasteiger partial charge in [0.25, 0.3) is 0 Å². The van der Waals surface area contributed by atoms with Gasteiger partial charge in [-0.25, -0.2) is 9.50 Å². The summed E-state index contributed by atoms with van der Waals surface area (Å²) in [7, 11) is 0. The maximum Gasteiger partial charge on any atom is 0.225 e. The molecule has 0 aliphatic carbocycles. The third-order valence-electron chi connectivity index (χ3n) is 4.99. The minimum absolute atomic E-state index is 0.180. The zero-order valence-electron chi connectivity index (χ0n) is 14.8. The van der Waals surface area contributed by atoms with Gasteiger partial charge in [0.2, 0.25) is 5.91 Å². The van der Waals surface area contributed by atoms with Crippen molar-refractivity contribution in [2.75, 3.05) is 18.4 Å². The quantitative estimate of drug-likeness (QED) is 0.916. The van der Waals surface area contributed by atoms with Gasteiger partial charge in [-0.1, -0.05) is 13.8 Å². The summed E-state index contributed by atoms with van der Waals surface area (Å²) in [6, 6.07) is 2.39. The van der Waals surface area contributed by atoms with Crippen LogP contribution in [-0.2, 0) is 4.79 Å². The molecule has 0 atom stereocenters. The Morgan fingerprint density at radius 2 is 2.04 bits per heavy atom. The van der Waals surface area contributed by atoms with Crippen molar-refractivity contribution < 1.29 is 4.79 Å². The van der Waals surface area contributed by atoms with Crippen molar-refractivity contribution in [2.45, 2.75) is 52.5 Å². The molecule has 0 bridgehead atoms. The van der Waals surface area contributed by atoms with E-state index in [0.29, 0.717) is 11.9 Å². The maximum atomic E-state index is 12.5. The lowest BCUT2D eigenvalue weighted by molar-refractivity contribution is -0.136. The summed E-state index contributed by atoms with van der Waals surface area (Å²) in [5.41, 5.74) is 1.99. The fourth-order valence-corrected chi connectivity index (χ4v) is 3.49. The van der Waals surface area contributed by atoms with E-state index in [1.54, 1.807) is 6.20 Å². The van der Waals surface area contributed by atoms with Gasteiger partial charge in [-0.2, -0.15) is 5.10 Å². The van der Waals surface area contributed by atoms with Crippen molar-refractivity contribution in [1.82, 2.24) is 19.5 Å². The van der Waals surface area contributed by atoms with Gasteiger partial charge in [0.1, 0.15) is 5.52 Å². The number of aromatic nitrogens is 3. The number of rotatable bonds is 5. The summed E-state index contributed by atoms with van der Waals surface area (Å²) in [4.78, 5) is 19.0. The Kier molecular flexibility index (Phi) is 5.02. The Hall–Kier alpha value is -2.11. The molecule has 3 heterocycles. The monoisotopic (exact) mass is 329 g/mol. The topological polar surface area (TPSA) is 62.5 Å². The molecule has 1 N–H and O–H groups in total. The van der Waals surface area contributed by atoms with Gasteiger partial charge < -0.3 is 10.2 Å². The Morgan fingerprint density at radius 3 is 2.71 bits per heavy atom. The Balaban J connectivity index is 1.62. The van der Waals surface area contributed by atoms with Gasteiger partial charge in [-0.15, -0.1) is 0 Å². The second-order valence-corrected chi connectivity index (χ2v) is 6.65. The van der Waals surface area contributed by atoms with Gasteiger partial charge in [-0.05, 0) is 38.7 Å². The van der Waals surface area contributed by atoms with Crippen LogP contribution in [-0.4, -0.2) is 44.5 Å². The van der Waals surface area contributed by atoms with E-state index in [0.717, 1.165) is 55.8 Å². The SMILES string of the molecule is CCC(CC)C(=O)N1CCC(Nc2nccn3nc(C)cc23)CC1. The van der Waals surface area contributed by atoms with Gasteiger partial charge in [0, 0.05) is 37.4 Å². The highest BCUT2D eigenvalue weighted by Gasteiger charge is 2.26. The summed E-state index contributed by atoms with van der Waals surface area (Å²) < 4.78 is 1.86. The lowest BCUT2D eigenvalue weighted by atomic mass is 9.98. The van der Waals surface area contributed by atoms with Crippen LogP contribution in [0.2, 0.25) is 0 Å². The number of piperidine rings is 1. The Morgan fingerprint density at radius 1 is 1.33 bits per heavy atom. The minimum atomic E-state index is 0.180. The van der Waals surface area contributed by atoms with Crippen LogP contribution in [0.25, 0.3) is 5.52 Å². The number of fused-ring (bicyclic) bond motifs is 1.